The summed E-state index contributed by atoms with van der Waals surface area (Å²) < 4.78 is 1.43. The first-order valence-corrected chi connectivity index (χ1v) is 6.46. The van der Waals surface area contributed by atoms with Gasteiger partial charge in [-0.25, -0.2) is 4.68 Å². The Morgan fingerprint density at radius 1 is 1.50 bits per heavy atom. The maximum absolute atomic E-state index is 11.1. The maximum atomic E-state index is 11.1. The van der Waals surface area contributed by atoms with Crippen LogP contribution in [-0.2, 0) is 0 Å². The minimum absolute atomic E-state index is 0.00510. The molecule has 0 fully saturated rings. The number of nitrogens with zero attached hydrogens (tertiary/aromatic N) is 4. The zero-order chi connectivity index (χ0) is 14.7. The molecule has 1 atom stereocenters. The number of rotatable bonds is 5. The third-order valence-electron chi connectivity index (χ3n) is 3.13. The fourth-order valence-corrected chi connectivity index (χ4v) is 2.10. The average Bonchev–Trinajstić information content (AvgIpc) is 2.88. The van der Waals surface area contributed by atoms with Gasteiger partial charge in [-0.3, -0.25) is 10.1 Å². The van der Waals surface area contributed by atoms with Gasteiger partial charge in [0, 0.05) is 6.07 Å². The summed E-state index contributed by atoms with van der Waals surface area (Å²) in [6.45, 7) is 3.84. The molecule has 2 rings (SSSR count). The van der Waals surface area contributed by atoms with Crippen molar-refractivity contribution in [3.8, 4) is 5.69 Å². The van der Waals surface area contributed by atoms with Crippen molar-refractivity contribution in [2.75, 3.05) is 0 Å². The van der Waals surface area contributed by atoms with E-state index in [9.17, 15) is 10.1 Å². The van der Waals surface area contributed by atoms with Gasteiger partial charge >= 0.3 is 0 Å². The summed E-state index contributed by atoms with van der Waals surface area (Å²) in [7, 11) is 0. The van der Waals surface area contributed by atoms with Crippen LogP contribution in [0.2, 0.25) is 0 Å². The number of aryl methyl sites for hydroxylation is 1. The molecule has 0 amide bonds. The van der Waals surface area contributed by atoms with Crippen LogP contribution in [0.15, 0.2) is 24.4 Å². The van der Waals surface area contributed by atoms with E-state index in [0.29, 0.717) is 11.4 Å². The summed E-state index contributed by atoms with van der Waals surface area (Å²) in [5, 5.41) is 19.1. The molecule has 0 aliphatic heterocycles. The van der Waals surface area contributed by atoms with Crippen molar-refractivity contribution in [3.05, 3.63) is 45.8 Å². The second-order valence-corrected chi connectivity index (χ2v) is 4.68. The molecule has 106 valence electrons. The van der Waals surface area contributed by atoms with Gasteiger partial charge in [0.2, 0.25) is 0 Å². The highest BCUT2D eigenvalue weighted by Gasteiger charge is 2.19. The van der Waals surface area contributed by atoms with Gasteiger partial charge in [0.15, 0.2) is 0 Å². The van der Waals surface area contributed by atoms with E-state index in [1.165, 1.54) is 10.7 Å². The number of nitro benzene ring substituents is 1. The Kier molecular flexibility index (Phi) is 4.09. The Balaban J connectivity index is 2.45. The molecule has 0 aliphatic rings. The van der Waals surface area contributed by atoms with Crippen molar-refractivity contribution in [1.82, 2.24) is 15.0 Å². The topological polar surface area (TPSA) is 99.9 Å². The van der Waals surface area contributed by atoms with Crippen LogP contribution < -0.4 is 5.73 Å². The second-order valence-electron chi connectivity index (χ2n) is 4.68. The molecule has 1 unspecified atom stereocenters. The van der Waals surface area contributed by atoms with E-state index in [4.69, 9.17) is 5.73 Å². The van der Waals surface area contributed by atoms with Gasteiger partial charge in [-0.15, -0.1) is 5.10 Å². The van der Waals surface area contributed by atoms with Gasteiger partial charge in [0.05, 0.1) is 22.9 Å². The van der Waals surface area contributed by atoms with Crippen LogP contribution in [-0.4, -0.2) is 19.9 Å². The molecular weight excluding hydrogens is 258 g/mol. The molecule has 1 aromatic carbocycles. The highest BCUT2D eigenvalue weighted by Crippen LogP contribution is 2.26. The number of para-hydroxylation sites is 1. The number of benzene rings is 1. The van der Waals surface area contributed by atoms with Gasteiger partial charge in [0.1, 0.15) is 5.69 Å². The van der Waals surface area contributed by atoms with E-state index in [0.717, 1.165) is 18.4 Å². The SMILES string of the molecule is CCCC(N)c1cn(-c2c(C)cccc2[N+](=O)[O-])nn1. The first-order chi connectivity index (χ1) is 9.54. The second kappa shape index (κ2) is 5.79. The molecule has 0 aliphatic carbocycles. The van der Waals surface area contributed by atoms with E-state index in [1.807, 2.05) is 6.92 Å². The molecular formula is C13H17N5O2. The molecule has 0 saturated carbocycles. The van der Waals surface area contributed by atoms with Crippen molar-refractivity contribution >= 4 is 5.69 Å². The van der Waals surface area contributed by atoms with Crippen LogP contribution in [0, 0.1) is 17.0 Å². The summed E-state index contributed by atoms with van der Waals surface area (Å²) in [5.41, 5.74) is 7.83. The average molecular weight is 275 g/mol. The summed E-state index contributed by atoms with van der Waals surface area (Å²) in [4.78, 5) is 10.7. The van der Waals surface area contributed by atoms with Crippen LogP contribution >= 0.6 is 0 Å². The number of hydrogen-bond acceptors (Lipinski definition) is 5. The molecule has 0 spiro atoms. The summed E-state index contributed by atoms with van der Waals surface area (Å²) in [6, 6.07) is 4.71. The maximum Gasteiger partial charge on any atom is 0.295 e. The highest BCUT2D eigenvalue weighted by molar-refractivity contribution is 5.56. The Morgan fingerprint density at radius 2 is 2.25 bits per heavy atom. The lowest BCUT2D eigenvalue weighted by atomic mass is 10.1. The Labute approximate surface area is 116 Å². The zero-order valence-corrected chi connectivity index (χ0v) is 11.5. The molecule has 7 nitrogen and oxygen atoms in total. The summed E-state index contributed by atoms with van der Waals surface area (Å²) >= 11 is 0. The minimum atomic E-state index is -0.421. The molecule has 2 N–H and O–H groups in total. The first kappa shape index (κ1) is 14.1. The van der Waals surface area contributed by atoms with E-state index < -0.39 is 4.92 Å². The Hall–Kier alpha value is -2.28. The quantitative estimate of drug-likeness (QED) is 0.666. The molecule has 20 heavy (non-hydrogen) atoms. The van der Waals surface area contributed by atoms with Crippen molar-refractivity contribution in [2.24, 2.45) is 5.73 Å². The van der Waals surface area contributed by atoms with Crippen molar-refractivity contribution in [2.45, 2.75) is 32.7 Å². The van der Waals surface area contributed by atoms with Crippen LogP contribution in [0.25, 0.3) is 5.69 Å². The number of aromatic nitrogens is 3. The fourth-order valence-electron chi connectivity index (χ4n) is 2.10. The van der Waals surface area contributed by atoms with E-state index >= 15 is 0 Å². The molecule has 0 bridgehead atoms. The van der Waals surface area contributed by atoms with Gasteiger partial charge in [-0.2, -0.15) is 0 Å². The first-order valence-electron chi connectivity index (χ1n) is 6.46. The molecule has 7 heteroatoms. The third-order valence-corrected chi connectivity index (χ3v) is 3.13. The van der Waals surface area contributed by atoms with Crippen LogP contribution in [0.3, 0.4) is 0 Å². The lowest BCUT2D eigenvalue weighted by Gasteiger charge is -2.06. The predicted molar refractivity (Wildman–Crippen MR) is 74.6 cm³/mol. The van der Waals surface area contributed by atoms with Crippen molar-refractivity contribution in [1.29, 1.82) is 0 Å². The normalized spacial score (nSPS) is 12.3. The number of nitro groups is 1. The van der Waals surface area contributed by atoms with Gasteiger partial charge in [-0.05, 0) is 18.9 Å². The summed E-state index contributed by atoms with van der Waals surface area (Å²) in [5.74, 6) is 0. The molecule has 1 aromatic heterocycles. The Morgan fingerprint density at radius 3 is 2.90 bits per heavy atom. The van der Waals surface area contributed by atoms with E-state index in [1.54, 1.807) is 25.3 Å². The highest BCUT2D eigenvalue weighted by atomic mass is 16.6. The van der Waals surface area contributed by atoms with E-state index in [2.05, 4.69) is 10.3 Å². The zero-order valence-electron chi connectivity index (χ0n) is 11.5. The number of hydrogen-bond donors (Lipinski definition) is 1. The lowest BCUT2D eigenvalue weighted by Crippen LogP contribution is -2.10. The molecule has 2 aromatic rings. The van der Waals surface area contributed by atoms with Crippen LogP contribution in [0.1, 0.15) is 37.1 Å². The predicted octanol–water partition coefficient (Wildman–Crippen LogP) is 2.28. The smallest absolute Gasteiger partial charge is 0.295 e. The molecule has 1 heterocycles. The van der Waals surface area contributed by atoms with Crippen LogP contribution in [0.4, 0.5) is 5.69 Å². The van der Waals surface area contributed by atoms with Gasteiger partial charge < -0.3 is 5.73 Å². The number of nitrogens with two attached hydrogens (primary N) is 1. The van der Waals surface area contributed by atoms with Crippen molar-refractivity contribution < 1.29 is 4.92 Å². The minimum Gasteiger partial charge on any atom is -0.323 e. The van der Waals surface area contributed by atoms with Gasteiger partial charge in [-0.1, -0.05) is 30.7 Å². The van der Waals surface area contributed by atoms with Crippen molar-refractivity contribution in [3.63, 3.8) is 0 Å². The molecule has 0 radical (unpaired) electrons. The van der Waals surface area contributed by atoms with Gasteiger partial charge in [0.25, 0.3) is 5.69 Å². The fraction of sp³-hybridized carbons (Fsp3) is 0.385. The van der Waals surface area contributed by atoms with E-state index in [-0.39, 0.29) is 11.7 Å². The van der Waals surface area contributed by atoms with Crippen LogP contribution in [0.5, 0.6) is 0 Å². The third kappa shape index (κ3) is 2.67. The monoisotopic (exact) mass is 275 g/mol. The Bertz CT molecular complexity index is 623. The summed E-state index contributed by atoms with van der Waals surface area (Å²) in [6.07, 6.45) is 3.41. The standard InChI is InChI=1S/C13H17N5O2/c1-3-5-10(14)11-8-17(16-15-11)13-9(2)6-4-7-12(13)18(19)20/h4,6-8,10H,3,5,14H2,1-2H3. The largest absolute Gasteiger partial charge is 0.323 e. The molecule has 0 saturated heterocycles. The lowest BCUT2D eigenvalue weighted by molar-refractivity contribution is -0.384.